The molecule has 10 heteroatoms. The smallest absolute Gasteiger partial charge is 0.372 e. The standard InChI is InChI=1S/C11H9N3O7/c1-5-2-6(21-8(5)10(16)17)3-13-4-7(14(19)20)9(15)12-11(13)18/h2,4H,3H2,1H3,(H,16,17)(H,12,15,18). The van der Waals surface area contributed by atoms with Crippen LogP contribution in [0.25, 0.3) is 0 Å². The van der Waals surface area contributed by atoms with Crippen LogP contribution in [-0.2, 0) is 6.54 Å². The number of hydrogen-bond acceptors (Lipinski definition) is 6. The molecule has 21 heavy (non-hydrogen) atoms. The number of aromatic nitrogens is 2. The Morgan fingerprint density at radius 1 is 1.52 bits per heavy atom. The molecule has 10 nitrogen and oxygen atoms in total. The molecule has 0 aliphatic rings. The lowest BCUT2D eigenvalue weighted by Gasteiger charge is -2.01. The van der Waals surface area contributed by atoms with Gasteiger partial charge in [0.1, 0.15) is 5.76 Å². The van der Waals surface area contributed by atoms with Gasteiger partial charge in [0.2, 0.25) is 5.76 Å². The molecule has 2 aromatic heterocycles. The number of aromatic amines is 1. The van der Waals surface area contributed by atoms with Gasteiger partial charge in [0.25, 0.3) is 0 Å². The van der Waals surface area contributed by atoms with Gasteiger partial charge in [-0.25, -0.2) is 9.59 Å². The van der Waals surface area contributed by atoms with E-state index in [9.17, 15) is 24.5 Å². The number of aromatic carboxylic acids is 1. The minimum Gasteiger partial charge on any atom is -0.475 e. The summed E-state index contributed by atoms with van der Waals surface area (Å²) in [7, 11) is 0. The molecule has 2 aromatic rings. The number of carbonyl (C=O) groups is 1. The number of furan rings is 1. The molecule has 0 amide bonds. The van der Waals surface area contributed by atoms with Gasteiger partial charge in [-0.05, 0) is 13.0 Å². The summed E-state index contributed by atoms with van der Waals surface area (Å²) in [6.07, 6.45) is 0.777. The highest BCUT2D eigenvalue weighted by Crippen LogP contribution is 2.15. The van der Waals surface area contributed by atoms with E-state index in [4.69, 9.17) is 9.52 Å². The van der Waals surface area contributed by atoms with Crippen LogP contribution in [0.15, 0.2) is 26.3 Å². The van der Waals surface area contributed by atoms with Crippen LogP contribution in [0.3, 0.4) is 0 Å². The summed E-state index contributed by atoms with van der Waals surface area (Å²) in [5, 5.41) is 19.5. The van der Waals surface area contributed by atoms with E-state index in [0.29, 0.717) is 5.56 Å². The van der Waals surface area contributed by atoms with Gasteiger partial charge in [-0.1, -0.05) is 0 Å². The third kappa shape index (κ3) is 2.73. The number of nitro groups is 1. The first-order chi connectivity index (χ1) is 9.79. The lowest BCUT2D eigenvalue weighted by molar-refractivity contribution is -0.386. The van der Waals surface area contributed by atoms with E-state index in [-0.39, 0.29) is 18.1 Å². The topological polar surface area (TPSA) is 148 Å². The molecule has 0 fully saturated rings. The van der Waals surface area contributed by atoms with E-state index in [1.165, 1.54) is 13.0 Å². The van der Waals surface area contributed by atoms with Gasteiger partial charge in [-0.15, -0.1) is 0 Å². The van der Waals surface area contributed by atoms with Gasteiger partial charge in [0.05, 0.1) is 17.7 Å². The van der Waals surface area contributed by atoms with E-state index < -0.39 is 27.8 Å². The van der Waals surface area contributed by atoms with Crippen LogP contribution in [0.5, 0.6) is 0 Å². The van der Waals surface area contributed by atoms with Crippen molar-refractivity contribution in [3.05, 3.63) is 60.3 Å². The maximum atomic E-state index is 11.6. The zero-order valence-corrected chi connectivity index (χ0v) is 10.7. The van der Waals surface area contributed by atoms with Gasteiger partial charge in [-0.3, -0.25) is 24.5 Å². The highest BCUT2D eigenvalue weighted by atomic mass is 16.6. The first-order valence-corrected chi connectivity index (χ1v) is 5.60. The highest BCUT2D eigenvalue weighted by molar-refractivity contribution is 5.86. The van der Waals surface area contributed by atoms with Crippen LogP contribution in [-0.4, -0.2) is 25.6 Å². The molecule has 0 atom stereocenters. The Kier molecular flexibility index (Phi) is 3.44. The van der Waals surface area contributed by atoms with Gasteiger partial charge >= 0.3 is 22.9 Å². The second kappa shape index (κ2) is 5.07. The van der Waals surface area contributed by atoms with Crippen molar-refractivity contribution in [2.24, 2.45) is 0 Å². The third-order valence-electron chi connectivity index (χ3n) is 2.68. The third-order valence-corrected chi connectivity index (χ3v) is 2.68. The molecule has 0 radical (unpaired) electrons. The maximum absolute atomic E-state index is 11.6. The number of aryl methyl sites for hydroxylation is 1. The Morgan fingerprint density at radius 3 is 2.71 bits per heavy atom. The first-order valence-electron chi connectivity index (χ1n) is 5.60. The number of carboxylic acid groups (broad SMARTS) is 1. The summed E-state index contributed by atoms with van der Waals surface area (Å²) < 4.78 is 5.89. The summed E-state index contributed by atoms with van der Waals surface area (Å²) in [6, 6.07) is 1.40. The number of carboxylic acids is 1. The normalized spacial score (nSPS) is 10.5. The maximum Gasteiger partial charge on any atom is 0.372 e. The van der Waals surface area contributed by atoms with Crippen LogP contribution in [0.1, 0.15) is 21.9 Å². The molecule has 0 saturated carbocycles. The average molecular weight is 295 g/mol. The number of hydrogen-bond donors (Lipinski definition) is 2. The van der Waals surface area contributed by atoms with Crippen molar-refractivity contribution in [1.29, 1.82) is 0 Å². The van der Waals surface area contributed by atoms with Gasteiger partial charge in [0.15, 0.2) is 0 Å². The number of nitrogens with zero attached hydrogens (tertiary/aromatic N) is 2. The highest BCUT2D eigenvalue weighted by Gasteiger charge is 2.18. The van der Waals surface area contributed by atoms with E-state index in [2.05, 4.69) is 0 Å². The van der Waals surface area contributed by atoms with Crippen LogP contribution < -0.4 is 11.2 Å². The predicted molar refractivity (Wildman–Crippen MR) is 67.5 cm³/mol. The molecule has 0 bridgehead atoms. The van der Waals surface area contributed by atoms with Gasteiger partial charge in [0, 0.05) is 5.56 Å². The van der Waals surface area contributed by atoms with E-state index in [0.717, 1.165) is 10.8 Å². The van der Waals surface area contributed by atoms with Crippen molar-refractivity contribution < 1.29 is 19.2 Å². The summed E-state index contributed by atoms with van der Waals surface area (Å²) in [5.74, 6) is -1.43. The Labute approximate surface area is 115 Å². The second-order valence-electron chi connectivity index (χ2n) is 4.19. The van der Waals surface area contributed by atoms with E-state index in [1.54, 1.807) is 4.98 Å². The molecule has 0 spiro atoms. The van der Waals surface area contributed by atoms with Gasteiger partial charge < -0.3 is 9.52 Å². The summed E-state index contributed by atoms with van der Waals surface area (Å²) in [4.78, 5) is 45.2. The Bertz CT molecular complexity index is 842. The Hall–Kier alpha value is -3.17. The molecule has 110 valence electrons. The molecule has 0 unspecified atom stereocenters. The van der Waals surface area contributed by atoms with Crippen LogP contribution in [0.4, 0.5) is 5.69 Å². The second-order valence-corrected chi connectivity index (χ2v) is 4.19. The molecule has 2 heterocycles. The summed E-state index contributed by atoms with van der Waals surface area (Å²) >= 11 is 0. The molecule has 0 aliphatic heterocycles. The van der Waals surface area contributed by atoms with E-state index >= 15 is 0 Å². The number of rotatable bonds is 4. The van der Waals surface area contributed by atoms with Gasteiger partial charge in [-0.2, -0.15) is 0 Å². The van der Waals surface area contributed by atoms with Crippen molar-refractivity contribution in [3.63, 3.8) is 0 Å². The van der Waals surface area contributed by atoms with Crippen LogP contribution >= 0.6 is 0 Å². The van der Waals surface area contributed by atoms with Crippen molar-refractivity contribution >= 4 is 11.7 Å². The lowest BCUT2D eigenvalue weighted by atomic mass is 10.2. The molecule has 2 N–H and O–H groups in total. The van der Waals surface area contributed by atoms with E-state index in [1.807, 2.05) is 0 Å². The van der Waals surface area contributed by atoms with Crippen molar-refractivity contribution in [3.8, 4) is 0 Å². The number of H-pyrrole nitrogens is 1. The molecular formula is C11H9N3O7. The van der Waals surface area contributed by atoms with Crippen LogP contribution in [0, 0.1) is 17.0 Å². The molecule has 0 saturated heterocycles. The Morgan fingerprint density at radius 2 is 2.19 bits per heavy atom. The fourth-order valence-electron chi connectivity index (χ4n) is 1.75. The predicted octanol–water partition coefficient (Wildman–Crippen LogP) is 0.0927. The largest absolute Gasteiger partial charge is 0.475 e. The summed E-state index contributed by atoms with van der Waals surface area (Å²) in [5.41, 5.74) is -2.42. The first kappa shape index (κ1) is 14.2. The summed E-state index contributed by atoms with van der Waals surface area (Å²) in [6.45, 7) is 1.26. The fraction of sp³-hybridized carbons (Fsp3) is 0.182. The fourth-order valence-corrected chi connectivity index (χ4v) is 1.75. The minimum absolute atomic E-state index is 0.119. The SMILES string of the molecule is Cc1cc(Cn2cc([N+](=O)[O-])c(=O)[nH]c2=O)oc1C(=O)O. The quantitative estimate of drug-likeness (QED) is 0.599. The lowest BCUT2D eigenvalue weighted by Crippen LogP contribution is -2.31. The monoisotopic (exact) mass is 295 g/mol. The van der Waals surface area contributed by atoms with Crippen molar-refractivity contribution in [2.45, 2.75) is 13.5 Å². The molecule has 0 aromatic carbocycles. The zero-order chi connectivity index (χ0) is 15.7. The van der Waals surface area contributed by atoms with Crippen LogP contribution in [0.2, 0.25) is 0 Å². The van der Waals surface area contributed by atoms with Crippen molar-refractivity contribution in [2.75, 3.05) is 0 Å². The number of nitrogens with one attached hydrogen (secondary N) is 1. The molecule has 2 rings (SSSR count). The minimum atomic E-state index is -1.27. The Balaban J connectivity index is 2.44. The molecule has 0 aliphatic carbocycles. The molecular weight excluding hydrogens is 286 g/mol. The zero-order valence-electron chi connectivity index (χ0n) is 10.7. The van der Waals surface area contributed by atoms with Crippen molar-refractivity contribution in [1.82, 2.24) is 9.55 Å². The average Bonchev–Trinajstić information content (AvgIpc) is 2.73.